The number of hydrogen-bond acceptors (Lipinski definition) is 7. The van der Waals surface area contributed by atoms with E-state index in [4.69, 9.17) is 9.47 Å². The van der Waals surface area contributed by atoms with Crippen molar-refractivity contribution >= 4 is 35.3 Å². The Bertz CT molecular complexity index is 1540. The summed E-state index contributed by atoms with van der Waals surface area (Å²) >= 11 is 0. The van der Waals surface area contributed by atoms with Crippen molar-refractivity contribution in [1.82, 2.24) is 24.4 Å². The van der Waals surface area contributed by atoms with Gasteiger partial charge in [-0.1, -0.05) is 6.92 Å². The van der Waals surface area contributed by atoms with Crippen molar-refractivity contribution in [3.63, 3.8) is 0 Å². The van der Waals surface area contributed by atoms with Crippen molar-refractivity contribution < 1.29 is 23.0 Å². The van der Waals surface area contributed by atoms with Crippen LogP contribution in [0.1, 0.15) is 42.1 Å². The SMILES string of the molecule is CCCNc1nc(Oc2ccc(OC)c(F)c2F)nc2c1ncn2-c1ccc2c(c1)CN(C1CC1)C2=O.Cl. The predicted octanol–water partition coefficient (Wildman–Crippen LogP) is 5.26. The number of nitrogens with zero attached hydrogens (tertiary/aromatic N) is 5. The van der Waals surface area contributed by atoms with E-state index in [0.29, 0.717) is 41.7 Å². The molecule has 9 nitrogen and oxygen atoms in total. The Morgan fingerprint density at radius 2 is 1.87 bits per heavy atom. The number of carbonyl (C=O) groups is 1. The second kappa shape index (κ2) is 10.1. The fourth-order valence-electron chi connectivity index (χ4n) is 4.49. The summed E-state index contributed by atoms with van der Waals surface area (Å²) in [7, 11) is 1.25. The predicted molar refractivity (Wildman–Crippen MR) is 139 cm³/mol. The van der Waals surface area contributed by atoms with Crippen molar-refractivity contribution in [3.05, 3.63) is 59.4 Å². The van der Waals surface area contributed by atoms with Crippen LogP contribution in [0.25, 0.3) is 16.9 Å². The van der Waals surface area contributed by atoms with Gasteiger partial charge in [0.25, 0.3) is 5.91 Å². The Balaban J connectivity index is 0.00000294. The highest BCUT2D eigenvalue weighted by molar-refractivity contribution is 5.99. The smallest absolute Gasteiger partial charge is 0.326 e. The zero-order valence-corrected chi connectivity index (χ0v) is 21.5. The van der Waals surface area contributed by atoms with Crippen LogP contribution in [0.3, 0.4) is 0 Å². The number of methoxy groups -OCH3 is 1. The molecule has 1 aliphatic heterocycles. The average molecular weight is 543 g/mol. The fraction of sp³-hybridized carbons (Fsp3) is 0.308. The van der Waals surface area contributed by atoms with E-state index in [1.165, 1.54) is 19.2 Å². The highest BCUT2D eigenvalue weighted by atomic mass is 35.5. The topological polar surface area (TPSA) is 94.4 Å². The maximum absolute atomic E-state index is 14.6. The molecular weight excluding hydrogens is 518 g/mol. The molecule has 4 aromatic rings. The molecule has 0 unspecified atom stereocenters. The minimum Gasteiger partial charge on any atom is -0.494 e. The molecule has 1 fully saturated rings. The molecule has 2 aromatic carbocycles. The third-order valence-electron chi connectivity index (χ3n) is 6.54. The van der Waals surface area contributed by atoms with E-state index >= 15 is 0 Å². The molecule has 0 radical (unpaired) electrons. The summed E-state index contributed by atoms with van der Waals surface area (Å²) in [5.74, 6) is -2.50. The monoisotopic (exact) mass is 542 g/mol. The summed E-state index contributed by atoms with van der Waals surface area (Å²) < 4.78 is 41.0. The highest BCUT2D eigenvalue weighted by Gasteiger charge is 2.38. The van der Waals surface area contributed by atoms with Gasteiger partial charge in [-0.15, -0.1) is 12.4 Å². The molecule has 1 aliphatic carbocycles. The Kier molecular flexibility index (Phi) is 6.78. The number of rotatable bonds is 8. The second-order valence-electron chi connectivity index (χ2n) is 9.07. The standard InChI is InChI=1S/C26H24F2N6O3.ClH/c1-3-10-29-23-22-24(32-26(31-23)37-19-9-8-18(36-2)20(27)21(19)28)34(13-30-22)16-6-7-17-14(11-16)12-33(25(17)35)15-4-5-15;/h6-9,11,13,15H,3-5,10,12H2,1-2H3,(H,29,31,32);1H. The largest absolute Gasteiger partial charge is 0.494 e. The molecule has 0 spiro atoms. The van der Waals surface area contributed by atoms with Crippen LogP contribution >= 0.6 is 12.4 Å². The van der Waals surface area contributed by atoms with Gasteiger partial charge in [0.15, 0.2) is 28.5 Å². The maximum atomic E-state index is 14.6. The number of nitrogens with one attached hydrogen (secondary N) is 1. The number of carbonyl (C=O) groups excluding carboxylic acids is 1. The van der Waals surface area contributed by atoms with Crippen LogP contribution in [0.15, 0.2) is 36.7 Å². The number of ether oxygens (including phenoxy) is 2. The van der Waals surface area contributed by atoms with E-state index in [-0.39, 0.29) is 35.8 Å². The van der Waals surface area contributed by atoms with Gasteiger partial charge in [-0.3, -0.25) is 9.36 Å². The average Bonchev–Trinajstić information content (AvgIpc) is 3.58. The van der Waals surface area contributed by atoms with Crippen LogP contribution < -0.4 is 14.8 Å². The molecule has 38 heavy (non-hydrogen) atoms. The van der Waals surface area contributed by atoms with E-state index in [0.717, 1.165) is 30.5 Å². The second-order valence-corrected chi connectivity index (χ2v) is 9.07. The number of imidazole rings is 1. The molecule has 2 aromatic heterocycles. The highest BCUT2D eigenvalue weighted by Crippen LogP contribution is 2.36. The van der Waals surface area contributed by atoms with Crippen molar-refractivity contribution in [1.29, 1.82) is 0 Å². The zero-order valence-electron chi connectivity index (χ0n) is 20.7. The molecule has 12 heteroatoms. The molecule has 1 N–H and O–H groups in total. The number of hydrogen-bond donors (Lipinski definition) is 1. The number of benzene rings is 2. The van der Waals surface area contributed by atoms with E-state index in [2.05, 4.69) is 20.3 Å². The van der Waals surface area contributed by atoms with E-state index in [1.54, 1.807) is 10.9 Å². The quantitative estimate of drug-likeness (QED) is 0.325. The third-order valence-corrected chi connectivity index (χ3v) is 6.54. The maximum Gasteiger partial charge on any atom is 0.326 e. The lowest BCUT2D eigenvalue weighted by Crippen LogP contribution is -2.25. The summed E-state index contributed by atoms with van der Waals surface area (Å²) in [4.78, 5) is 28.0. The molecule has 0 atom stereocenters. The molecule has 6 rings (SSSR count). The van der Waals surface area contributed by atoms with Gasteiger partial charge in [0.1, 0.15) is 6.33 Å². The van der Waals surface area contributed by atoms with E-state index in [9.17, 15) is 13.6 Å². The van der Waals surface area contributed by atoms with Crippen molar-refractivity contribution in [2.45, 2.75) is 38.8 Å². The van der Waals surface area contributed by atoms with Gasteiger partial charge in [0.05, 0.1) is 7.11 Å². The van der Waals surface area contributed by atoms with Gasteiger partial charge in [-0.2, -0.15) is 18.7 Å². The summed E-state index contributed by atoms with van der Waals surface area (Å²) in [6.45, 7) is 3.20. The lowest BCUT2D eigenvalue weighted by atomic mass is 10.1. The number of amides is 1. The number of aromatic nitrogens is 4. The molecule has 198 valence electrons. The van der Waals surface area contributed by atoms with Gasteiger partial charge >= 0.3 is 6.01 Å². The molecule has 1 amide bonds. The normalized spacial score (nSPS) is 14.4. The molecule has 3 heterocycles. The minimum atomic E-state index is -1.21. The van der Waals surface area contributed by atoms with Crippen LogP contribution in [-0.2, 0) is 6.54 Å². The van der Waals surface area contributed by atoms with Gasteiger partial charge in [-0.25, -0.2) is 4.98 Å². The Morgan fingerprint density at radius 1 is 1.11 bits per heavy atom. The van der Waals surface area contributed by atoms with Crippen LogP contribution in [0.2, 0.25) is 0 Å². The van der Waals surface area contributed by atoms with Crippen LogP contribution in [0.4, 0.5) is 14.6 Å². The van der Waals surface area contributed by atoms with Crippen LogP contribution in [-0.4, -0.2) is 50.0 Å². The van der Waals surface area contributed by atoms with Crippen LogP contribution in [0.5, 0.6) is 17.5 Å². The third kappa shape index (κ3) is 4.36. The fourth-order valence-corrected chi connectivity index (χ4v) is 4.49. The van der Waals surface area contributed by atoms with Crippen LogP contribution in [0, 0.1) is 11.6 Å². The first-order valence-electron chi connectivity index (χ1n) is 12.1. The molecule has 1 saturated carbocycles. The van der Waals surface area contributed by atoms with Gasteiger partial charge in [-0.05, 0) is 55.2 Å². The summed E-state index contributed by atoms with van der Waals surface area (Å²) in [5, 5.41) is 3.20. The summed E-state index contributed by atoms with van der Waals surface area (Å²) in [5.41, 5.74) is 3.34. The molecular formula is C26H25ClF2N6O3. The van der Waals surface area contributed by atoms with Crippen molar-refractivity contribution in [2.24, 2.45) is 0 Å². The molecule has 0 saturated heterocycles. The van der Waals surface area contributed by atoms with Crippen molar-refractivity contribution in [2.75, 3.05) is 19.0 Å². The van der Waals surface area contributed by atoms with Gasteiger partial charge < -0.3 is 19.7 Å². The Hall–Kier alpha value is -3.99. The number of anilines is 1. The first-order valence-corrected chi connectivity index (χ1v) is 12.1. The summed E-state index contributed by atoms with van der Waals surface area (Å²) in [6, 6.07) is 8.30. The first kappa shape index (κ1) is 25.7. The van der Waals surface area contributed by atoms with E-state index < -0.39 is 11.6 Å². The van der Waals surface area contributed by atoms with E-state index in [1.807, 2.05) is 30.0 Å². The van der Waals surface area contributed by atoms with Gasteiger partial charge in [0, 0.05) is 30.4 Å². The summed E-state index contributed by atoms with van der Waals surface area (Å²) in [6.07, 6.45) is 4.54. The number of fused-ring (bicyclic) bond motifs is 2. The lowest BCUT2D eigenvalue weighted by molar-refractivity contribution is 0.0766. The Labute approximate surface area is 223 Å². The lowest BCUT2D eigenvalue weighted by Gasteiger charge is -2.13. The number of halogens is 3. The molecule has 2 aliphatic rings. The Morgan fingerprint density at radius 3 is 2.61 bits per heavy atom. The zero-order chi connectivity index (χ0) is 25.7. The minimum absolute atomic E-state index is 0. The molecule has 0 bridgehead atoms. The first-order chi connectivity index (χ1) is 18.0. The van der Waals surface area contributed by atoms with Gasteiger partial charge in [0.2, 0.25) is 11.6 Å². The van der Waals surface area contributed by atoms with Crippen molar-refractivity contribution in [3.8, 4) is 23.2 Å².